The Balaban J connectivity index is 2.62. The van der Waals surface area contributed by atoms with Crippen LogP contribution >= 0.6 is 27.7 Å². The van der Waals surface area contributed by atoms with E-state index in [9.17, 15) is 0 Å². The molecule has 0 saturated carbocycles. The van der Waals surface area contributed by atoms with E-state index in [4.69, 9.17) is 4.74 Å². The van der Waals surface area contributed by atoms with Crippen LogP contribution in [0.1, 0.15) is 18.5 Å². The van der Waals surface area contributed by atoms with Crippen LogP contribution in [0.5, 0.6) is 5.75 Å². The molecule has 90 valence electrons. The minimum atomic E-state index is 0.370. The fourth-order valence-corrected chi connectivity index (χ4v) is 2.33. The Morgan fingerprint density at radius 2 is 2.25 bits per heavy atom. The van der Waals surface area contributed by atoms with Crippen LogP contribution in [0.4, 0.5) is 0 Å². The number of hydrogen-bond acceptors (Lipinski definition) is 3. The Morgan fingerprint density at radius 1 is 1.50 bits per heavy atom. The maximum absolute atomic E-state index is 5.21. The second-order valence-electron chi connectivity index (χ2n) is 3.56. The Labute approximate surface area is 110 Å². The van der Waals surface area contributed by atoms with Crippen LogP contribution in [0.15, 0.2) is 22.7 Å². The van der Waals surface area contributed by atoms with Gasteiger partial charge < -0.3 is 10.1 Å². The third kappa shape index (κ3) is 4.00. The lowest BCUT2D eigenvalue weighted by Gasteiger charge is -2.15. The fourth-order valence-electron chi connectivity index (χ4n) is 1.45. The maximum atomic E-state index is 5.21. The molecule has 2 nitrogen and oxygen atoms in total. The Kier molecular flexibility index (Phi) is 6.24. The highest BCUT2D eigenvalue weighted by atomic mass is 79.9. The number of ether oxygens (including phenoxy) is 1. The molecular weight excluding hydrogens is 286 g/mol. The van der Waals surface area contributed by atoms with Crippen LogP contribution < -0.4 is 10.1 Å². The molecule has 0 radical (unpaired) electrons. The second kappa shape index (κ2) is 7.20. The summed E-state index contributed by atoms with van der Waals surface area (Å²) in [6, 6.07) is 6.57. The first kappa shape index (κ1) is 13.9. The third-order valence-corrected chi connectivity index (χ3v) is 3.66. The van der Waals surface area contributed by atoms with Gasteiger partial charge in [-0.05, 0) is 46.8 Å². The molecule has 1 atom stereocenters. The lowest BCUT2D eigenvalue weighted by atomic mass is 10.1. The SMILES string of the molecule is COc1ccc(C(C)NCCSC)cc1Br. The summed E-state index contributed by atoms with van der Waals surface area (Å²) in [4.78, 5) is 0. The van der Waals surface area contributed by atoms with Crippen LogP contribution in [0.25, 0.3) is 0 Å². The minimum Gasteiger partial charge on any atom is -0.496 e. The molecule has 16 heavy (non-hydrogen) atoms. The number of halogens is 1. The fraction of sp³-hybridized carbons (Fsp3) is 0.500. The molecule has 0 heterocycles. The van der Waals surface area contributed by atoms with Crippen molar-refractivity contribution in [2.45, 2.75) is 13.0 Å². The largest absolute Gasteiger partial charge is 0.496 e. The van der Waals surface area contributed by atoms with Crippen molar-refractivity contribution in [3.63, 3.8) is 0 Å². The first-order valence-corrected chi connectivity index (χ1v) is 7.43. The summed E-state index contributed by atoms with van der Waals surface area (Å²) in [7, 11) is 1.68. The predicted molar refractivity (Wildman–Crippen MR) is 75.5 cm³/mol. The van der Waals surface area contributed by atoms with Crippen LogP contribution in [-0.2, 0) is 0 Å². The van der Waals surface area contributed by atoms with E-state index in [0.717, 1.165) is 22.5 Å². The number of benzene rings is 1. The van der Waals surface area contributed by atoms with Crippen molar-refractivity contribution < 1.29 is 4.74 Å². The quantitative estimate of drug-likeness (QED) is 0.813. The number of rotatable bonds is 6. The van der Waals surface area contributed by atoms with Gasteiger partial charge in [0.05, 0.1) is 11.6 Å². The molecule has 0 fully saturated rings. The summed E-state index contributed by atoms with van der Waals surface area (Å²) in [5, 5.41) is 3.48. The van der Waals surface area contributed by atoms with E-state index in [2.05, 4.69) is 46.6 Å². The second-order valence-corrected chi connectivity index (χ2v) is 5.40. The zero-order valence-electron chi connectivity index (χ0n) is 9.92. The molecule has 0 aliphatic heterocycles. The molecule has 1 aromatic carbocycles. The molecule has 0 aromatic heterocycles. The standard InChI is InChI=1S/C12H18BrNOS/c1-9(14-6-7-16-3)10-4-5-12(15-2)11(13)8-10/h4-5,8-9,14H,6-7H2,1-3H3. The zero-order valence-corrected chi connectivity index (χ0v) is 12.3. The lowest BCUT2D eigenvalue weighted by Crippen LogP contribution is -2.21. The van der Waals surface area contributed by atoms with Crippen molar-refractivity contribution in [3.8, 4) is 5.75 Å². The van der Waals surface area contributed by atoms with E-state index >= 15 is 0 Å². The summed E-state index contributed by atoms with van der Waals surface area (Å²) in [6.45, 7) is 3.21. The van der Waals surface area contributed by atoms with Gasteiger partial charge in [-0.15, -0.1) is 0 Å². The van der Waals surface area contributed by atoms with Crippen molar-refractivity contribution in [3.05, 3.63) is 28.2 Å². The molecule has 1 rings (SSSR count). The van der Waals surface area contributed by atoms with Gasteiger partial charge in [0, 0.05) is 18.3 Å². The molecule has 4 heteroatoms. The topological polar surface area (TPSA) is 21.3 Å². The minimum absolute atomic E-state index is 0.370. The van der Waals surface area contributed by atoms with E-state index < -0.39 is 0 Å². The van der Waals surface area contributed by atoms with Gasteiger partial charge in [-0.3, -0.25) is 0 Å². The Bertz CT molecular complexity index is 333. The average molecular weight is 304 g/mol. The highest BCUT2D eigenvalue weighted by Crippen LogP contribution is 2.27. The van der Waals surface area contributed by atoms with Gasteiger partial charge in [-0.25, -0.2) is 0 Å². The number of thioether (sulfide) groups is 1. The monoisotopic (exact) mass is 303 g/mol. The van der Waals surface area contributed by atoms with Crippen molar-refractivity contribution in [1.82, 2.24) is 5.32 Å². The Hall–Kier alpha value is -0.190. The van der Waals surface area contributed by atoms with E-state index in [1.165, 1.54) is 5.56 Å². The molecule has 0 aliphatic carbocycles. The summed E-state index contributed by atoms with van der Waals surface area (Å²) >= 11 is 5.36. The zero-order chi connectivity index (χ0) is 12.0. The van der Waals surface area contributed by atoms with Crippen LogP contribution in [0.3, 0.4) is 0 Å². The summed E-state index contributed by atoms with van der Waals surface area (Å²) in [5.74, 6) is 2.02. The molecule has 1 unspecified atom stereocenters. The normalized spacial score (nSPS) is 12.5. The van der Waals surface area contributed by atoms with Crippen LogP contribution in [0.2, 0.25) is 0 Å². The van der Waals surface area contributed by atoms with Gasteiger partial charge in [0.2, 0.25) is 0 Å². The van der Waals surface area contributed by atoms with Crippen LogP contribution in [-0.4, -0.2) is 25.7 Å². The van der Waals surface area contributed by atoms with Crippen molar-refractivity contribution in [1.29, 1.82) is 0 Å². The summed E-state index contributed by atoms with van der Waals surface area (Å²) < 4.78 is 6.21. The van der Waals surface area contributed by atoms with Crippen molar-refractivity contribution in [2.24, 2.45) is 0 Å². The molecule has 0 amide bonds. The van der Waals surface area contributed by atoms with Crippen molar-refractivity contribution in [2.75, 3.05) is 25.7 Å². The molecule has 0 aliphatic rings. The number of nitrogens with one attached hydrogen (secondary N) is 1. The first-order valence-electron chi connectivity index (χ1n) is 5.24. The lowest BCUT2D eigenvalue weighted by molar-refractivity contribution is 0.411. The molecule has 0 bridgehead atoms. The molecule has 0 spiro atoms. The highest BCUT2D eigenvalue weighted by Gasteiger charge is 2.07. The number of methoxy groups -OCH3 is 1. The number of hydrogen-bond donors (Lipinski definition) is 1. The molecule has 1 aromatic rings. The Morgan fingerprint density at radius 3 is 2.81 bits per heavy atom. The molecule has 0 saturated heterocycles. The van der Waals surface area contributed by atoms with Crippen LogP contribution in [0, 0.1) is 0 Å². The van der Waals surface area contributed by atoms with E-state index in [0.29, 0.717) is 6.04 Å². The predicted octanol–water partition coefficient (Wildman–Crippen LogP) is 3.47. The maximum Gasteiger partial charge on any atom is 0.133 e. The van der Waals surface area contributed by atoms with Gasteiger partial charge in [0.15, 0.2) is 0 Å². The van der Waals surface area contributed by atoms with Gasteiger partial charge in [0.1, 0.15) is 5.75 Å². The molecular formula is C12H18BrNOS. The van der Waals surface area contributed by atoms with Gasteiger partial charge in [-0.1, -0.05) is 6.07 Å². The smallest absolute Gasteiger partial charge is 0.133 e. The van der Waals surface area contributed by atoms with E-state index in [1.54, 1.807) is 7.11 Å². The molecule has 1 N–H and O–H groups in total. The summed E-state index contributed by atoms with van der Waals surface area (Å²) in [5.41, 5.74) is 1.27. The van der Waals surface area contributed by atoms with Crippen molar-refractivity contribution >= 4 is 27.7 Å². The highest BCUT2D eigenvalue weighted by molar-refractivity contribution is 9.10. The van der Waals surface area contributed by atoms with E-state index in [-0.39, 0.29) is 0 Å². The van der Waals surface area contributed by atoms with E-state index in [1.807, 2.05) is 17.8 Å². The van der Waals surface area contributed by atoms with Gasteiger partial charge >= 0.3 is 0 Å². The van der Waals surface area contributed by atoms with Gasteiger partial charge in [0.25, 0.3) is 0 Å². The third-order valence-electron chi connectivity index (χ3n) is 2.43. The van der Waals surface area contributed by atoms with Gasteiger partial charge in [-0.2, -0.15) is 11.8 Å². The average Bonchev–Trinajstić information content (AvgIpc) is 2.29. The first-order chi connectivity index (χ1) is 7.69. The summed E-state index contributed by atoms with van der Waals surface area (Å²) in [6.07, 6.45) is 2.12.